The lowest BCUT2D eigenvalue weighted by molar-refractivity contribution is -0.116. The smallest absolute Gasteiger partial charge is 0.321 e. The van der Waals surface area contributed by atoms with Crippen LogP contribution in [0.5, 0.6) is 0 Å². The zero-order valence-electron chi connectivity index (χ0n) is 11.3. The Hall–Kier alpha value is -2.83. The number of aromatic nitrogens is 2. The van der Waals surface area contributed by atoms with E-state index in [1.165, 1.54) is 0 Å². The average molecular weight is 285 g/mol. The van der Waals surface area contributed by atoms with Gasteiger partial charge in [-0.25, -0.2) is 4.79 Å². The lowest BCUT2D eigenvalue weighted by atomic mass is 10.2. The summed E-state index contributed by atoms with van der Waals surface area (Å²) in [7, 11) is 0. The minimum Gasteiger partial charge on any atom is -0.336 e. The Morgan fingerprint density at radius 1 is 1.33 bits per heavy atom. The van der Waals surface area contributed by atoms with Crippen molar-refractivity contribution in [2.24, 2.45) is 0 Å². The SMILES string of the molecule is O=C(Cn1cccn1)Nc1ccc(N2CCNC2=O)cc1. The summed E-state index contributed by atoms with van der Waals surface area (Å²) in [5, 5.41) is 9.51. The number of hydrogen-bond donors (Lipinski definition) is 2. The molecule has 1 aliphatic rings. The molecule has 0 atom stereocenters. The van der Waals surface area contributed by atoms with Crippen molar-refractivity contribution in [3.8, 4) is 0 Å². The zero-order chi connectivity index (χ0) is 14.7. The number of hydrogen-bond acceptors (Lipinski definition) is 3. The number of benzene rings is 1. The summed E-state index contributed by atoms with van der Waals surface area (Å²) in [6, 6.07) is 8.86. The van der Waals surface area contributed by atoms with Gasteiger partial charge in [-0.05, 0) is 30.3 Å². The Morgan fingerprint density at radius 3 is 2.76 bits per heavy atom. The molecule has 7 heteroatoms. The maximum Gasteiger partial charge on any atom is 0.321 e. The lowest BCUT2D eigenvalue weighted by Crippen LogP contribution is -2.27. The van der Waals surface area contributed by atoms with E-state index in [-0.39, 0.29) is 18.5 Å². The van der Waals surface area contributed by atoms with Crippen LogP contribution < -0.4 is 15.5 Å². The molecule has 21 heavy (non-hydrogen) atoms. The van der Waals surface area contributed by atoms with E-state index in [2.05, 4.69) is 15.7 Å². The van der Waals surface area contributed by atoms with E-state index in [0.29, 0.717) is 18.8 Å². The number of urea groups is 1. The Kier molecular flexibility index (Phi) is 3.55. The first kappa shape index (κ1) is 13.2. The van der Waals surface area contributed by atoms with Crippen molar-refractivity contribution in [2.45, 2.75) is 6.54 Å². The molecular weight excluding hydrogens is 270 g/mol. The monoisotopic (exact) mass is 285 g/mol. The van der Waals surface area contributed by atoms with Gasteiger partial charge >= 0.3 is 6.03 Å². The molecule has 1 saturated heterocycles. The molecule has 0 unspecified atom stereocenters. The standard InChI is InChI=1S/C14H15N5O2/c20-13(10-18-8-1-6-16-18)17-11-2-4-12(5-3-11)19-9-7-15-14(19)21/h1-6,8H,7,9-10H2,(H,15,21)(H,17,20). The highest BCUT2D eigenvalue weighted by molar-refractivity contribution is 5.95. The van der Waals surface area contributed by atoms with E-state index in [9.17, 15) is 9.59 Å². The van der Waals surface area contributed by atoms with Crippen molar-refractivity contribution in [3.63, 3.8) is 0 Å². The predicted octanol–water partition coefficient (Wildman–Crippen LogP) is 1.05. The summed E-state index contributed by atoms with van der Waals surface area (Å²) >= 11 is 0. The Balaban J connectivity index is 1.61. The highest BCUT2D eigenvalue weighted by Crippen LogP contribution is 2.19. The highest BCUT2D eigenvalue weighted by Gasteiger charge is 2.20. The van der Waals surface area contributed by atoms with Crippen molar-refractivity contribution >= 4 is 23.3 Å². The van der Waals surface area contributed by atoms with E-state index >= 15 is 0 Å². The Labute approximate surface area is 121 Å². The van der Waals surface area contributed by atoms with Crippen LogP contribution in [0.15, 0.2) is 42.7 Å². The van der Waals surface area contributed by atoms with E-state index in [0.717, 1.165) is 5.69 Å². The Morgan fingerprint density at radius 2 is 2.14 bits per heavy atom. The molecule has 1 aromatic carbocycles. The van der Waals surface area contributed by atoms with Crippen LogP contribution in [0.2, 0.25) is 0 Å². The van der Waals surface area contributed by atoms with Crippen LogP contribution in [0.1, 0.15) is 0 Å². The molecule has 3 amide bonds. The second-order valence-electron chi connectivity index (χ2n) is 4.68. The number of carbonyl (C=O) groups is 2. The fourth-order valence-electron chi connectivity index (χ4n) is 2.18. The van der Waals surface area contributed by atoms with Crippen molar-refractivity contribution in [3.05, 3.63) is 42.7 Å². The quantitative estimate of drug-likeness (QED) is 0.881. The molecule has 3 rings (SSSR count). The van der Waals surface area contributed by atoms with Gasteiger partial charge in [0.05, 0.1) is 0 Å². The number of nitrogens with zero attached hydrogens (tertiary/aromatic N) is 3. The summed E-state index contributed by atoms with van der Waals surface area (Å²) in [5.41, 5.74) is 1.51. The van der Waals surface area contributed by atoms with Crippen molar-refractivity contribution in [1.29, 1.82) is 0 Å². The normalized spacial score (nSPS) is 14.1. The van der Waals surface area contributed by atoms with Crippen LogP contribution in [0.4, 0.5) is 16.2 Å². The highest BCUT2D eigenvalue weighted by atomic mass is 16.2. The number of carbonyl (C=O) groups excluding carboxylic acids is 2. The van der Waals surface area contributed by atoms with Crippen LogP contribution in [0.25, 0.3) is 0 Å². The van der Waals surface area contributed by atoms with Crippen molar-refractivity contribution < 1.29 is 9.59 Å². The van der Waals surface area contributed by atoms with Gasteiger partial charge in [0, 0.05) is 36.9 Å². The first-order valence-electron chi connectivity index (χ1n) is 6.65. The average Bonchev–Trinajstić information content (AvgIpc) is 3.11. The molecule has 2 N–H and O–H groups in total. The van der Waals surface area contributed by atoms with Gasteiger partial charge in [0.1, 0.15) is 6.54 Å². The van der Waals surface area contributed by atoms with Gasteiger partial charge in [0.25, 0.3) is 0 Å². The number of rotatable bonds is 4. The fourth-order valence-corrected chi connectivity index (χ4v) is 2.18. The molecule has 1 fully saturated rings. The number of anilines is 2. The summed E-state index contributed by atoms with van der Waals surface area (Å²) in [6.45, 7) is 1.48. The first-order chi connectivity index (χ1) is 10.2. The fraction of sp³-hybridized carbons (Fsp3) is 0.214. The summed E-state index contributed by atoms with van der Waals surface area (Å²) in [5.74, 6) is -0.148. The van der Waals surface area contributed by atoms with E-state index in [1.807, 2.05) is 12.1 Å². The molecule has 2 aromatic rings. The second kappa shape index (κ2) is 5.66. The third-order valence-electron chi connectivity index (χ3n) is 3.18. The van der Waals surface area contributed by atoms with Crippen molar-refractivity contribution in [2.75, 3.05) is 23.3 Å². The second-order valence-corrected chi connectivity index (χ2v) is 4.68. The molecule has 0 bridgehead atoms. The molecule has 0 saturated carbocycles. The van der Waals surface area contributed by atoms with Crippen LogP contribution in [0.3, 0.4) is 0 Å². The van der Waals surface area contributed by atoms with Crippen LogP contribution in [-0.2, 0) is 11.3 Å². The van der Waals surface area contributed by atoms with Crippen molar-refractivity contribution in [1.82, 2.24) is 15.1 Å². The third kappa shape index (κ3) is 3.02. The zero-order valence-corrected chi connectivity index (χ0v) is 11.3. The number of amides is 3. The molecule has 0 aliphatic carbocycles. The summed E-state index contributed by atoms with van der Waals surface area (Å²) in [4.78, 5) is 25.0. The molecule has 0 radical (unpaired) electrons. The van der Waals surface area contributed by atoms with E-state index in [1.54, 1.807) is 40.2 Å². The molecular formula is C14H15N5O2. The Bertz CT molecular complexity index is 636. The first-order valence-corrected chi connectivity index (χ1v) is 6.65. The number of nitrogens with one attached hydrogen (secondary N) is 2. The maximum absolute atomic E-state index is 11.8. The van der Waals surface area contributed by atoms with Gasteiger partial charge < -0.3 is 10.6 Å². The summed E-state index contributed by atoms with van der Waals surface area (Å²) < 4.78 is 1.55. The minimum atomic E-state index is -0.148. The lowest BCUT2D eigenvalue weighted by Gasteiger charge is -2.14. The van der Waals surface area contributed by atoms with Gasteiger partial charge in [0.2, 0.25) is 5.91 Å². The molecule has 0 spiro atoms. The van der Waals surface area contributed by atoms with Crippen LogP contribution in [0, 0.1) is 0 Å². The topological polar surface area (TPSA) is 79.3 Å². The van der Waals surface area contributed by atoms with E-state index < -0.39 is 0 Å². The molecule has 108 valence electrons. The molecule has 1 aliphatic heterocycles. The maximum atomic E-state index is 11.8. The molecule has 7 nitrogen and oxygen atoms in total. The summed E-state index contributed by atoms with van der Waals surface area (Å²) in [6.07, 6.45) is 3.36. The van der Waals surface area contributed by atoms with Gasteiger partial charge in [-0.3, -0.25) is 14.4 Å². The molecule has 2 heterocycles. The van der Waals surface area contributed by atoms with Gasteiger partial charge in [0.15, 0.2) is 0 Å². The van der Waals surface area contributed by atoms with Gasteiger partial charge in [-0.1, -0.05) is 0 Å². The van der Waals surface area contributed by atoms with Gasteiger partial charge in [-0.15, -0.1) is 0 Å². The van der Waals surface area contributed by atoms with Crippen LogP contribution in [-0.4, -0.2) is 34.8 Å². The van der Waals surface area contributed by atoms with E-state index in [4.69, 9.17) is 0 Å². The predicted molar refractivity (Wildman–Crippen MR) is 78.0 cm³/mol. The third-order valence-corrected chi connectivity index (χ3v) is 3.18. The largest absolute Gasteiger partial charge is 0.336 e. The minimum absolute atomic E-state index is 0.0922. The van der Waals surface area contributed by atoms with Gasteiger partial charge in [-0.2, -0.15) is 5.10 Å². The molecule has 1 aromatic heterocycles. The van der Waals surface area contributed by atoms with Crippen LogP contribution >= 0.6 is 0 Å².